The van der Waals surface area contributed by atoms with Gasteiger partial charge in [0, 0.05) is 5.57 Å². The Morgan fingerprint density at radius 2 is 1.36 bits per heavy atom. The summed E-state index contributed by atoms with van der Waals surface area (Å²) >= 11 is 0. The van der Waals surface area contributed by atoms with Gasteiger partial charge in [0.25, 0.3) is 0 Å². The molecular weight excluding hydrogens is 280 g/mol. The molecule has 0 nitrogen and oxygen atoms in total. The van der Waals surface area contributed by atoms with Gasteiger partial charge in [-0.3, -0.25) is 0 Å². The molecule has 0 aliphatic carbocycles. The lowest BCUT2D eigenvalue weighted by Gasteiger charge is -2.18. The topological polar surface area (TPSA) is 0 Å². The van der Waals surface area contributed by atoms with E-state index < -0.39 is 8.07 Å². The molecule has 0 aliphatic heterocycles. The maximum absolute atomic E-state index is 3.92. The Morgan fingerprint density at radius 1 is 0.909 bits per heavy atom. The predicted molar refractivity (Wildman–Crippen MR) is 101 cm³/mol. The molecule has 2 rings (SSSR count). The van der Waals surface area contributed by atoms with Crippen LogP contribution in [0.5, 0.6) is 0 Å². The molecule has 0 saturated heterocycles. The molecule has 0 unspecified atom stereocenters. The fourth-order valence-corrected chi connectivity index (χ4v) is 3.62. The Kier molecular flexibility index (Phi) is 5.38. The molecule has 0 bridgehead atoms. The Morgan fingerprint density at radius 3 is 1.73 bits per heavy atom. The molecular formula is C21H24Si. The van der Waals surface area contributed by atoms with Crippen molar-refractivity contribution in [1.82, 2.24) is 0 Å². The second-order valence-electron chi connectivity index (χ2n) is 6.45. The van der Waals surface area contributed by atoms with Gasteiger partial charge in [0.1, 0.15) is 0 Å². The van der Waals surface area contributed by atoms with Gasteiger partial charge in [-0.1, -0.05) is 86.4 Å². The highest BCUT2D eigenvalue weighted by Gasteiger charge is 2.19. The van der Waals surface area contributed by atoms with Crippen molar-refractivity contribution in [1.29, 1.82) is 0 Å². The van der Waals surface area contributed by atoms with Gasteiger partial charge in [0.2, 0.25) is 0 Å². The zero-order valence-electron chi connectivity index (χ0n) is 13.8. The molecule has 0 spiro atoms. The Balaban J connectivity index is 2.72. The van der Waals surface area contributed by atoms with Crippen molar-refractivity contribution in [2.75, 3.05) is 0 Å². The first-order valence-corrected chi connectivity index (χ1v) is 11.2. The van der Waals surface area contributed by atoms with Crippen molar-refractivity contribution >= 4 is 13.6 Å². The summed E-state index contributed by atoms with van der Waals surface area (Å²) in [5.74, 6) is 0. The summed E-state index contributed by atoms with van der Waals surface area (Å²) in [6.45, 7) is 11.0. The van der Waals surface area contributed by atoms with Crippen molar-refractivity contribution in [3.63, 3.8) is 0 Å². The molecule has 22 heavy (non-hydrogen) atoms. The van der Waals surface area contributed by atoms with E-state index in [4.69, 9.17) is 0 Å². The smallest absolute Gasteiger partial charge is 0.0827 e. The van der Waals surface area contributed by atoms with Crippen LogP contribution in [0.4, 0.5) is 0 Å². The van der Waals surface area contributed by atoms with Gasteiger partial charge in [0.15, 0.2) is 0 Å². The van der Waals surface area contributed by atoms with Gasteiger partial charge in [-0.05, 0) is 22.7 Å². The minimum Gasteiger partial charge on any atom is -0.117 e. The summed E-state index contributed by atoms with van der Waals surface area (Å²) in [5.41, 5.74) is 7.36. The molecule has 0 N–H and O–H groups in total. The van der Waals surface area contributed by atoms with E-state index >= 15 is 0 Å². The van der Waals surface area contributed by atoms with Crippen LogP contribution in [0.1, 0.15) is 17.5 Å². The van der Waals surface area contributed by atoms with Crippen LogP contribution in [0.3, 0.4) is 0 Å². The molecule has 2 aromatic rings. The first-order valence-electron chi connectivity index (χ1n) is 7.74. The van der Waals surface area contributed by atoms with Crippen LogP contribution in [0.15, 0.2) is 84.2 Å². The number of allylic oxidation sites excluding steroid dienone is 2. The van der Waals surface area contributed by atoms with E-state index in [0.29, 0.717) is 0 Å². The van der Waals surface area contributed by atoms with Crippen molar-refractivity contribution in [3.05, 3.63) is 95.4 Å². The molecule has 0 aromatic heterocycles. The summed E-state index contributed by atoms with van der Waals surface area (Å²) in [6, 6.07) is 21.1. The van der Waals surface area contributed by atoms with E-state index in [0.717, 1.165) is 6.42 Å². The number of hydrogen-bond donors (Lipinski definition) is 0. The monoisotopic (exact) mass is 304 g/mol. The van der Waals surface area contributed by atoms with E-state index in [9.17, 15) is 0 Å². The van der Waals surface area contributed by atoms with Gasteiger partial charge < -0.3 is 0 Å². The fourth-order valence-electron chi connectivity index (χ4n) is 2.36. The van der Waals surface area contributed by atoms with E-state index in [1.165, 1.54) is 21.9 Å². The van der Waals surface area contributed by atoms with E-state index in [-0.39, 0.29) is 0 Å². The van der Waals surface area contributed by atoms with Crippen LogP contribution in [-0.2, 0) is 0 Å². The second-order valence-corrected chi connectivity index (χ2v) is 11.6. The molecule has 0 saturated carbocycles. The molecule has 0 atom stereocenters. The third-order valence-electron chi connectivity index (χ3n) is 3.65. The molecule has 112 valence electrons. The zero-order chi connectivity index (χ0) is 16.0. The highest BCUT2D eigenvalue weighted by atomic mass is 28.3. The zero-order valence-corrected chi connectivity index (χ0v) is 14.8. The van der Waals surface area contributed by atoms with Gasteiger partial charge in [0.05, 0.1) is 8.07 Å². The lowest BCUT2D eigenvalue weighted by atomic mass is 9.99. The van der Waals surface area contributed by atoms with Crippen LogP contribution in [-0.4, -0.2) is 8.07 Å². The predicted octanol–water partition coefficient (Wildman–Crippen LogP) is 6.10. The van der Waals surface area contributed by atoms with Crippen LogP contribution >= 0.6 is 0 Å². The summed E-state index contributed by atoms with van der Waals surface area (Å²) in [4.78, 5) is 0. The standard InChI is InChI=1S/C21H24Si/c1-5-12-20(22(2,3)4)17-21(18-13-8-6-9-14-18)19-15-10-7-11-16-19/h5-11,13-16H,1,12H2,2-4H3. The minimum atomic E-state index is -1.42. The maximum atomic E-state index is 3.92. The lowest BCUT2D eigenvalue weighted by Crippen LogP contribution is -2.23. The average molecular weight is 305 g/mol. The first kappa shape index (κ1) is 16.3. The fraction of sp³-hybridized carbons (Fsp3) is 0.190. The summed E-state index contributed by atoms with van der Waals surface area (Å²) in [7, 11) is -1.42. The van der Waals surface area contributed by atoms with Crippen LogP contribution < -0.4 is 0 Å². The summed E-state index contributed by atoms with van der Waals surface area (Å²) in [6.07, 6.45) is 2.91. The maximum Gasteiger partial charge on any atom is 0.0827 e. The first-order chi connectivity index (χ1) is 10.5. The van der Waals surface area contributed by atoms with E-state index in [2.05, 4.69) is 92.6 Å². The van der Waals surface area contributed by atoms with Crippen molar-refractivity contribution in [2.45, 2.75) is 26.1 Å². The molecule has 0 fully saturated rings. The molecule has 1 heteroatoms. The van der Waals surface area contributed by atoms with E-state index in [1.807, 2.05) is 6.08 Å². The van der Waals surface area contributed by atoms with Crippen LogP contribution in [0.2, 0.25) is 19.6 Å². The molecule has 0 aliphatic rings. The summed E-state index contributed by atoms with van der Waals surface area (Å²) < 4.78 is 0. The van der Waals surface area contributed by atoms with Gasteiger partial charge in [-0.15, -0.1) is 12.3 Å². The number of benzene rings is 2. The average Bonchev–Trinajstić information content (AvgIpc) is 2.52. The Hall–Kier alpha value is -2.08. The van der Waals surface area contributed by atoms with Crippen LogP contribution in [0, 0.1) is 0 Å². The number of rotatable bonds is 5. The largest absolute Gasteiger partial charge is 0.117 e. The number of hydrogen-bond acceptors (Lipinski definition) is 0. The third kappa shape index (κ3) is 4.21. The van der Waals surface area contributed by atoms with Crippen molar-refractivity contribution < 1.29 is 0 Å². The SMILES string of the molecule is C=CCC(=C=C(c1ccccc1)c1ccccc1)[Si](C)(C)C. The second kappa shape index (κ2) is 7.26. The molecule has 0 amide bonds. The lowest BCUT2D eigenvalue weighted by molar-refractivity contribution is 1.32. The van der Waals surface area contributed by atoms with Crippen molar-refractivity contribution in [2.24, 2.45) is 0 Å². The van der Waals surface area contributed by atoms with Gasteiger partial charge >= 0.3 is 0 Å². The third-order valence-corrected chi connectivity index (χ3v) is 5.79. The molecule has 0 heterocycles. The van der Waals surface area contributed by atoms with Crippen LogP contribution in [0.25, 0.3) is 5.57 Å². The quantitative estimate of drug-likeness (QED) is 0.356. The van der Waals surface area contributed by atoms with Crippen molar-refractivity contribution in [3.8, 4) is 0 Å². The molecule has 2 aromatic carbocycles. The molecule has 0 radical (unpaired) electrons. The van der Waals surface area contributed by atoms with Gasteiger partial charge in [-0.2, -0.15) is 0 Å². The highest BCUT2D eigenvalue weighted by Crippen LogP contribution is 2.25. The minimum absolute atomic E-state index is 0.916. The highest BCUT2D eigenvalue weighted by molar-refractivity contribution is 6.83. The van der Waals surface area contributed by atoms with E-state index in [1.54, 1.807) is 0 Å². The Labute approximate surface area is 135 Å². The normalized spacial score (nSPS) is 10.7. The Bertz CT molecular complexity index is 640. The summed E-state index contributed by atoms with van der Waals surface area (Å²) in [5, 5.41) is 1.41. The van der Waals surface area contributed by atoms with Gasteiger partial charge in [-0.25, -0.2) is 0 Å².